The minimum Gasteiger partial charge on any atom is -0.497 e. The Morgan fingerprint density at radius 2 is 1.95 bits per heavy atom. The van der Waals surface area contributed by atoms with Gasteiger partial charge in [-0.3, -0.25) is 4.68 Å². The molecule has 0 radical (unpaired) electrons. The summed E-state index contributed by atoms with van der Waals surface area (Å²) in [4.78, 5) is 0. The van der Waals surface area contributed by atoms with Crippen LogP contribution in [0.25, 0.3) is 10.9 Å². The molecular weight excluding hydrogens is 276 g/mol. The number of benzene rings is 2. The van der Waals surface area contributed by atoms with Gasteiger partial charge < -0.3 is 9.84 Å². The molecule has 3 aromatic rings. The minimum atomic E-state index is 0.00728. The van der Waals surface area contributed by atoms with Crippen molar-refractivity contribution in [3.05, 3.63) is 53.1 Å². The van der Waals surface area contributed by atoms with Crippen LogP contribution in [0.15, 0.2) is 42.5 Å². The number of rotatable bonds is 3. The van der Waals surface area contributed by atoms with E-state index < -0.39 is 0 Å². The number of hydrogen-bond donors (Lipinski definition) is 1. The largest absolute Gasteiger partial charge is 0.497 e. The van der Waals surface area contributed by atoms with E-state index in [2.05, 4.69) is 5.10 Å². The number of nitrogens with zero attached hydrogens (tertiary/aromatic N) is 2. The fourth-order valence-corrected chi connectivity index (χ4v) is 2.28. The summed E-state index contributed by atoms with van der Waals surface area (Å²) in [5, 5.41) is 15.5. The summed E-state index contributed by atoms with van der Waals surface area (Å²) in [6, 6.07) is 13.1. The third-order valence-corrected chi connectivity index (χ3v) is 3.44. The second-order valence-corrected chi connectivity index (χ2v) is 4.93. The van der Waals surface area contributed by atoms with Gasteiger partial charge in [-0.05, 0) is 35.9 Å². The molecule has 4 nitrogen and oxygen atoms in total. The number of fused-ring (bicyclic) bond motifs is 1. The average Bonchev–Trinajstić information content (AvgIpc) is 2.77. The van der Waals surface area contributed by atoms with Crippen molar-refractivity contribution in [1.82, 2.24) is 9.78 Å². The molecule has 0 aliphatic rings. The molecule has 0 saturated carbocycles. The molecule has 102 valence electrons. The van der Waals surface area contributed by atoms with Crippen LogP contribution in [0.3, 0.4) is 0 Å². The molecule has 0 unspecified atom stereocenters. The molecule has 0 amide bonds. The topological polar surface area (TPSA) is 47.3 Å². The fourth-order valence-electron chi connectivity index (χ4n) is 2.15. The third-order valence-electron chi connectivity index (χ3n) is 3.18. The predicted octanol–water partition coefficient (Wildman–Crippen LogP) is 3.45. The second-order valence-electron chi connectivity index (χ2n) is 4.49. The van der Waals surface area contributed by atoms with Crippen molar-refractivity contribution in [2.24, 2.45) is 0 Å². The van der Waals surface area contributed by atoms with Crippen LogP contribution in [-0.4, -0.2) is 22.0 Å². The molecule has 1 aromatic heterocycles. The van der Waals surface area contributed by atoms with Gasteiger partial charge in [0.25, 0.3) is 0 Å². The monoisotopic (exact) mass is 288 g/mol. The first kappa shape index (κ1) is 12.8. The van der Waals surface area contributed by atoms with Gasteiger partial charge in [0.1, 0.15) is 5.75 Å². The van der Waals surface area contributed by atoms with Gasteiger partial charge in [-0.2, -0.15) is 0 Å². The molecule has 1 heterocycles. The zero-order valence-electron chi connectivity index (χ0n) is 10.9. The highest BCUT2D eigenvalue weighted by molar-refractivity contribution is 6.30. The zero-order chi connectivity index (χ0) is 14.1. The van der Waals surface area contributed by atoms with Gasteiger partial charge in [0.15, 0.2) is 0 Å². The molecule has 20 heavy (non-hydrogen) atoms. The van der Waals surface area contributed by atoms with E-state index in [9.17, 15) is 5.11 Å². The van der Waals surface area contributed by atoms with Crippen LogP contribution < -0.4 is 4.74 Å². The van der Waals surface area contributed by atoms with Crippen molar-refractivity contribution < 1.29 is 9.84 Å². The molecule has 0 aliphatic heterocycles. The molecule has 0 atom stereocenters. The van der Waals surface area contributed by atoms with Crippen LogP contribution in [0.1, 0.15) is 5.56 Å². The molecule has 0 aliphatic carbocycles. The molecular formula is C15H13ClN2O2. The molecule has 1 N–H and O–H groups in total. The van der Waals surface area contributed by atoms with E-state index in [4.69, 9.17) is 16.3 Å². The van der Waals surface area contributed by atoms with Crippen molar-refractivity contribution >= 4 is 22.5 Å². The normalized spacial score (nSPS) is 10.9. The second kappa shape index (κ2) is 5.06. The van der Waals surface area contributed by atoms with E-state index in [1.165, 1.54) is 0 Å². The van der Waals surface area contributed by atoms with Crippen LogP contribution in [-0.2, 0) is 6.54 Å². The van der Waals surface area contributed by atoms with Gasteiger partial charge in [-0.25, -0.2) is 0 Å². The lowest BCUT2D eigenvalue weighted by Crippen LogP contribution is -2.01. The van der Waals surface area contributed by atoms with Crippen molar-refractivity contribution in [1.29, 1.82) is 0 Å². The smallest absolute Gasteiger partial charge is 0.238 e. The average molecular weight is 289 g/mol. The molecule has 0 fully saturated rings. The maximum Gasteiger partial charge on any atom is 0.238 e. The Morgan fingerprint density at radius 1 is 1.20 bits per heavy atom. The standard InChI is InChI=1S/C15H13ClN2O2/c1-20-12-6-7-14-13(8-12)15(19)17-18(14)9-10-2-4-11(16)5-3-10/h2-8H,9H2,1H3,(H,17,19). The van der Waals surface area contributed by atoms with Gasteiger partial charge in [0.05, 0.1) is 24.6 Å². The number of aromatic nitrogens is 2. The molecule has 0 bridgehead atoms. The summed E-state index contributed by atoms with van der Waals surface area (Å²) in [5.74, 6) is 0.701. The number of methoxy groups -OCH3 is 1. The number of ether oxygens (including phenoxy) is 1. The van der Waals surface area contributed by atoms with Crippen LogP contribution in [0.5, 0.6) is 11.6 Å². The van der Waals surface area contributed by atoms with E-state index in [-0.39, 0.29) is 5.88 Å². The Labute approximate surface area is 121 Å². The summed E-state index contributed by atoms with van der Waals surface area (Å²) in [6.07, 6.45) is 0. The molecule has 2 aromatic carbocycles. The summed E-state index contributed by atoms with van der Waals surface area (Å²) >= 11 is 5.87. The van der Waals surface area contributed by atoms with E-state index >= 15 is 0 Å². The van der Waals surface area contributed by atoms with Gasteiger partial charge in [-0.1, -0.05) is 23.7 Å². The van der Waals surface area contributed by atoms with Crippen LogP contribution in [0.2, 0.25) is 5.02 Å². The highest BCUT2D eigenvalue weighted by Gasteiger charge is 2.10. The maximum atomic E-state index is 9.93. The zero-order valence-corrected chi connectivity index (χ0v) is 11.6. The van der Waals surface area contributed by atoms with Crippen LogP contribution >= 0.6 is 11.6 Å². The van der Waals surface area contributed by atoms with Gasteiger partial charge in [-0.15, -0.1) is 5.10 Å². The Bertz CT molecular complexity index is 750. The highest BCUT2D eigenvalue weighted by Crippen LogP contribution is 2.28. The van der Waals surface area contributed by atoms with E-state index in [1.54, 1.807) is 17.9 Å². The Hall–Kier alpha value is -2.20. The first-order chi connectivity index (χ1) is 9.67. The number of aromatic hydroxyl groups is 1. The predicted molar refractivity (Wildman–Crippen MR) is 78.5 cm³/mol. The van der Waals surface area contributed by atoms with Crippen molar-refractivity contribution in [3.8, 4) is 11.6 Å². The van der Waals surface area contributed by atoms with E-state index in [1.807, 2.05) is 36.4 Å². The Morgan fingerprint density at radius 3 is 2.65 bits per heavy atom. The lowest BCUT2D eigenvalue weighted by Gasteiger charge is -2.04. The van der Waals surface area contributed by atoms with E-state index in [0.29, 0.717) is 22.7 Å². The Balaban J connectivity index is 2.01. The van der Waals surface area contributed by atoms with Crippen molar-refractivity contribution in [2.45, 2.75) is 6.54 Å². The highest BCUT2D eigenvalue weighted by atomic mass is 35.5. The summed E-state index contributed by atoms with van der Waals surface area (Å²) < 4.78 is 6.91. The maximum absolute atomic E-state index is 9.93. The van der Waals surface area contributed by atoms with Gasteiger partial charge >= 0.3 is 0 Å². The number of halogens is 1. The number of hydrogen-bond acceptors (Lipinski definition) is 3. The fraction of sp³-hybridized carbons (Fsp3) is 0.133. The Kier molecular flexibility index (Phi) is 3.24. The molecule has 5 heteroatoms. The lowest BCUT2D eigenvalue weighted by molar-refractivity contribution is 0.415. The summed E-state index contributed by atoms with van der Waals surface area (Å²) in [7, 11) is 1.59. The lowest BCUT2D eigenvalue weighted by atomic mass is 10.2. The molecule has 0 spiro atoms. The first-order valence-electron chi connectivity index (χ1n) is 6.15. The van der Waals surface area contributed by atoms with Crippen LogP contribution in [0, 0.1) is 0 Å². The molecule has 3 rings (SSSR count). The van der Waals surface area contributed by atoms with Crippen LogP contribution in [0.4, 0.5) is 0 Å². The van der Waals surface area contributed by atoms with Crippen molar-refractivity contribution in [3.63, 3.8) is 0 Å². The van der Waals surface area contributed by atoms with Crippen molar-refractivity contribution in [2.75, 3.05) is 7.11 Å². The van der Waals surface area contributed by atoms with Gasteiger partial charge in [0.2, 0.25) is 5.88 Å². The first-order valence-corrected chi connectivity index (χ1v) is 6.53. The summed E-state index contributed by atoms with van der Waals surface area (Å²) in [5.41, 5.74) is 1.92. The molecule has 0 saturated heterocycles. The quantitative estimate of drug-likeness (QED) is 0.803. The van der Waals surface area contributed by atoms with Gasteiger partial charge in [0, 0.05) is 5.02 Å². The SMILES string of the molecule is COc1ccc2c(c1)c(O)nn2Cc1ccc(Cl)cc1. The third kappa shape index (κ3) is 2.30. The van der Waals surface area contributed by atoms with E-state index in [0.717, 1.165) is 11.1 Å². The minimum absolute atomic E-state index is 0.00728. The summed E-state index contributed by atoms with van der Waals surface area (Å²) in [6.45, 7) is 0.570.